The van der Waals surface area contributed by atoms with Gasteiger partial charge in [0.1, 0.15) is 5.01 Å². The van der Waals surface area contributed by atoms with Crippen molar-refractivity contribution in [1.29, 1.82) is 0 Å². The van der Waals surface area contributed by atoms with Crippen LogP contribution in [0.1, 0.15) is 32.6 Å². The molecule has 1 aliphatic carbocycles. The number of hydrogen-bond donors (Lipinski definition) is 1. The van der Waals surface area contributed by atoms with Gasteiger partial charge >= 0.3 is 0 Å². The van der Waals surface area contributed by atoms with Gasteiger partial charge in [-0.1, -0.05) is 19.8 Å². The van der Waals surface area contributed by atoms with Gasteiger partial charge in [-0.2, -0.15) is 0 Å². The minimum absolute atomic E-state index is 0.852. The third kappa shape index (κ3) is 3.40. The van der Waals surface area contributed by atoms with Crippen LogP contribution in [0.15, 0.2) is 35.8 Å². The topological polar surface area (TPSA) is 24.9 Å². The van der Waals surface area contributed by atoms with Gasteiger partial charge in [0, 0.05) is 29.4 Å². The van der Waals surface area contributed by atoms with Gasteiger partial charge in [-0.25, -0.2) is 4.98 Å². The zero-order chi connectivity index (χ0) is 13.8. The Morgan fingerprint density at radius 1 is 1.15 bits per heavy atom. The number of thiazole rings is 1. The van der Waals surface area contributed by atoms with E-state index in [4.69, 9.17) is 0 Å². The van der Waals surface area contributed by atoms with E-state index in [-0.39, 0.29) is 0 Å². The molecule has 0 saturated heterocycles. The summed E-state index contributed by atoms with van der Waals surface area (Å²) in [5.74, 6) is 1.79. The van der Waals surface area contributed by atoms with Gasteiger partial charge in [-0.05, 0) is 48.9 Å². The summed E-state index contributed by atoms with van der Waals surface area (Å²) in [4.78, 5) is 4.34. The largest absolute Gasteiger partial charge is 0.385 e. The second-order valence-electron chi connectivity index (χ2n) is 5.92. The number of anilines is 1. The van der Waals surface area contributed by atoms with Crippen molar-refractivity contribution >= 4 is 17.0 Å². The van der Waals surface area contributed by atoms with Gasteiger partial charge in [0.25, 0.3) is 0 Å². The highest BCUT2D eigenvalue weighted by molar-refractivity contribution is 7.13. The Kier molecular flexibility index (Phi) is 4.36. The molecule has 0 amide bonds. The summed E-state index contributed by atoms with van der Waals surface area (Å²) in [6, 6.07) is 8.65. The zero-order valence-corrected chi connectivity index (χ0v) is 12.8. The van der Waals surface area contributed by atoms with Gasteiger partial charge in [0.2, 0.25) is 0 Å². The van der Waals surface area contributed by atoms with Crippen LogP contribution in [-0.4, -0.2) is 11.5 Å². The molecule has 1 aromatic heterocycles. The van der Waals surface area contributed by atoms with Crippen LogP contribution in [0.3, 0.4) is 0 Å². The quantitative estimate of drug-likeness (QED) is 0.851. The molecule has 20 heavy (non-hydrogen) atoms. The highest BCUT2D eigenvalue weighted by atomic mass is 32.1. The Labute approximate surface area is 125 Å². The lowest BCUT2D eigenvalue weighted by molar-refractivity contribution is 0.300. The third-order valence-corrected chi connectivity index (χ3v) is 5.12. The maximum atomic E-state index is 4.34. The summed E-state index contributed by atoms with van der Waals surface area (Å²) in [7, 11) is 0. The van der Waals surface area contributed by atoms with Crippen molar-refractivity contribution in [1.82, 2.24) is 4.98 Å². The highest BCUT2D eigenvalue weighted by Gasteiger charge is 2.17. The molecule has 0 spiro atoms. The van der Waals surface area contributed by atoms with E-state index in [1.54, 1.807) is 11.3 Å². The summed E-state index contributed by atoms with van der Waals surface area (Å²) < 4.78 is 0. The Hall–Kier alpha value is -1.35. The van der Waals surface area contributed by atoms with E-state index in [0.29, 0.717) is 0 Å². The first-order chi connectivity index (χ1) is 9.81. The standard InChI is InChI=1S/C17H22N2S/c1-13-2-4-14(5-3-13)12-19-16-8-6-15(7-9-16)17-18-10-11-20-17/h6-11,13-14,19H,2-5,12H2,1H3. The van der Waals surface area contributed by atoms with E-state index in [1.807, 2.05) is 11.6 Å². The zero-order valence-electron chi connectivity index (χ0n) is 12.0. The average molecular weight is 286 g/mol. The lowest BCUT2D eigenvalue weighted by atomic mass is 9.83. The van der Waals surface area contributed by atoms with E-state index in [0.717, 1.165) is 23.4 Å². The van der Waals surface area contributed by atoms with Crippen molar-refractivity contribution in [3.8, 4) is 10.6 Å². The number of aromatic nitrogens is 1. The lowest BCUT2D eigenvalue weighted by Gasteiger charge is -2.26. The molecular weight excluding hydrogens is 264 g/mol. The molecule has 1 N–H and O–H groups in total. The second-order valence-corrected chi connectivity index (χ2v) is 6.82. The molecule has 0 atom stereocenters. The van der Waals surface area contributed by atoms with Crippen molar-refractivity contribution in [2.75, 3.05) is 11.9 Å². The maximum Gasteiger partial charge on any atom is 0.123 e. The SMILES string of the molecule is CC1CCC(CNc2ccc(-c3nccs3)cc2)CC1. The molecule has 106 valence electrons. The Bertz CT molecular complexity index is 510. The second kappa shape index (κ2) is 6.40. The van der Waals surface area contributed by atoms with Crippen LogP contribution in [0.25, 0.3) is 10.6 Å². The molecule has 0 unspecified atom stereocenters. The summed E-state index contributed by atoms with van der Waals surface area (Å²) >= 11 is 1.69. The first kappa shape index (κ1) is 13.6. The molecule has 1 aliphatic rings. The molecule has 2 aromatic rings. The molecule has 3 rings (SSSR count). The number of benzene rings is 1. The van der Waals surface area contributed by atoms with Gasteiger partial charge in [0.05, 0.1) is 0 Å². The monoisotopic (exact) mass is 286 g/mol. The first-order valence-corrected chi connectivity index (χ1v) is 8.43. The van der Waals surface area contributed by atoms with Crippen LogP contribution in [-0.2, 0) is 0 Å². The normalized spacial score (nSPS) is 22.6. The third-order valence-electron chi connectivity index (χ3n) is 4.29. The predicted octanol–water partition coefficient (Wildman–Crippen LogP) is 5.05. The number of nitrogens with zero attached hydrogens (tertiary/aromatic N) is 1. The Balaban J connectivity index is 1.53. The van der Waals surface area contributed by atoms with Crippen LogP contribution in [0.5, 0.6) is 0 Å². The lowest BCUT2D eigenvalue weighted by Crippen LogP contribution is -2.20. The molecular formula is C17H22N2S. The molecule has 0 radical (unpaired) electrons. The van der Waals surface area contributed by atoms with E-state index >= 15 is 0 Å². The van der Waals surface area contributed by atoms with Crippen molar-refractivity contribution < 1.29 is 0 Å². The Morgan fingerprint density at radius 2 is 1.90 bits per heavy atom. The van der Waals surface area contributed by atoms with Crippen LogP contribution < -0.4 is 5.32 Å². The number of nitrogens with one attached hydrogen (secondary N) is 1. The molecule has 1 heterocycles. The van der Waals surface area contributed by atoms with Crippen LogP contribution in [0.4, 0.5) is 5.69 Å². The van der Waals surface area contributed by atoms with Gasteiger partial charge in [-0.15, -0.1) is 11.3 Å². The molecule has 1 aromatic carbocycles. The molecule has 1 fully saturated rings. The smallest absolute Gasteiger partial charge is 0.123 e. The molecule has 0 aliphatic heterocycles. The van der Waals surface area contributed by atoms with Crippen molar-refractivity contribution in [3.63, 3.8) is 0 Å². The fourth-order valence-corrected chi connectivity index (χ4v) is 3.54. The molecule has 0 bridgehead atoms. The van der Waals surface area contributed by atoms with Gasteiger partial charge < -0.3 is 5.32 Å². The minimum Gasteiger partial charge on any atom is -0.385 e. The van der Waals surface area contributed by atoms with E-state index in [9.17, 15) is 0 Å². The van der Waals surface area contributed by atoms with Crippen LogP contribution in [0.2, 0.25) is 0 Å². The van der Waals surface area contributed by atoms with Gasteiger partial charge in [-0.3, -0.25) is 0 Å². The van der Waals surface area contributed by atoms with Crippen molar-refractivity contribution in [3.05, 3.63) is 35.8 Å². The first-order valence-electron chi connectivity index (χ1n) is 7.55. The average Bonchev–Trinajstić information content (AvgIpc) is 3.01. The van der Waals surface area contributed by atoms with Crippen LogP contribution >= 0.6 is 11.3 Å². The van der Waals surface area contributed by atoms with Crippen LogP contribution in [0, 0.1) is 11.8 Å². The molecule has 1 saturated carbocycles. The van der Waals surface area contributed by atoms with Crippen molar-refractivity contribution in [2.45, 2.75) is 32.6 Å². The fourth-order valence-electron chi connectivity index (χ4n) is 2.89. The van der Waals surface area contributed by atoms with E-state index in [1.165, 1.54) is 36.9 Å². The van der Waals surface area contributed by atoms with Gasteiger partial charge in [0.15, 0.2) is 0 Å². The summed E-state index contributed by atoms with van der Waals surface area (Å²) in [6.45, 7) is 3.49. The predicted molar refractivity (Wildman–Crippen MR) is 87.2 cm³/mol. The number of hydrogen-bond acceptors (Lipinski definition) is 3. The number of rotatable bonds is 4. The summed E-state index contributed by atoms with van der Waals surface area (Å²) in [6.07, 6.45) is 7.41. The summed E-state index contributed by atoms with van der Waals surface area (Å²) in [5.41, 5.74) is 2.43. The van der Waals surface area contributed by atoms with E-state index in [2.05, 4.69) is 41.5 Å². The highest BCUT2D eigenvalue weighted by Crippen LogP contribution is 2.29. The van der Waals surface area contributed by atoms with E-state index < -0.39 is 0 Å². The maximum absolute atomic E-state index is 4.34. The molecule has 2 nitrogen and oxygen atoms in total. The van der Waals surface area contributed by atoms with Crippen molar-refractivity contribution in [2.24, 2.45) is 11.8 Å². The minimum atomic E-state index is 0.852. The Morgan fingerprint density at radius 3 is 2.55 bits per heavy atom. The summed E-state index contributed by atoms with van der Waals surface area (Å²) in [5, 5.41) is 6.70. The molecule has 3 heteroatoms. The fraction of sp³-hybridized carbons (Fsp3) is 0.471.